The molecule has 4 rings (SSSR count). The van der Waals surface area contributed by atoms with Crippen LogP contribution >= 0.6 is 0 Å². The Morgan fingerprint density at radius 2 is 2.07 bits per heavy atom. The fourth-order valence-corrected chi connectivity index (χ4v) is 4.57. The third-order valence-electron chi connectivity index (χ3n) is 6.17. The van der Waals surface area contributed by atoms with Crippen molar-refractivity contribution in [2.75, 3.05) is 39.9 Å². The number of aryl methyl sites for hydroxylation is 1. The van der Waals surface area contributed by atoms with E-state index in [2.05, 4.69) is 0 Å². The van der Waals surface area contributed by atoms with Crippen LogP contribution in [0.25, 0.3) is 10.9 Å². The molecule has 27 heavy (non-hydrogen) atoms. The zero-order valence-corrected chi connectivity index (χ0v) is 16.1. The number of nitrogens with zero attached hydrogens (tertiary/aromatic N) is 3. The molecule has 2 amide bonds. The van der Waals surface area contributed by atoms with Crippen molar-refractivity contribution in [3.8, 4) is 0 Å². The number of amides is 2. The average molecular weight is 369 g/mol. The molecule has 2 aromatic rings. The molecule has 1 atom stereocenters. The van der Waals surface area contributed by atoms with Gasteiger partial charge in [-0.15, -0.1) is 0 Å². The predicted molar refractivity (Wildman–Crippen MR) is 104 cm³/mol. The average Bonchev–Trinajstić information content (AvgIpc) is 3.27. The Balaban J connectivity index is 1.51. The third-order valence-corrected chi connectivity index (χ3v) is 6.17. The largest absolute Gasteiger partial charge is 0.383 e. The normalized spacial score (nSPS) is 23.0. The maximum absolute atomic E-state index is 13.1. The van der Waals surface area contributed by atoms with Crippen LogP contribution in [0.3, 0.4) is 0 Å². The van der Waals surface area contributed by atoms with E-state index < -0.39 is 5.41 Å². The van der Waals surface area contributed by atoms with E-state index in [0.29, 0.717) is 31.8 Å². The molecule has 1 aromatic heterocycles. The van der Waals surface area contributed by atoms with Crippen molar-refractivity contribution in [1.82, 2.24) is 14.4 Å². The highest BCUT2D eigenvalue weighted by atomic mass is 16.5. The fourth-order valence-electron chi connectivity index (χ4n) is 4.57. The maximum atomic E-state index is 13.1. The number of piperidine rings is 1. The number of carbonyl (C=O) groups is 2. The molecular formula is C21H27N3O3. The predicted octanol–water partition coefficient (Wildman–Crippen LogP) is 2.28. The van der Waals surface area contributed by atoms with Crippen molar-refractivity contribution < 1.29 is 14.3 Å². The van der Waals surface area contributed by atoms with E-state index in [1.807, 2.05) is 51.9 Å². The molecule has 3 heterocycles. The van der Waals surface area contributed by atoms with Gasteiger partial charge in [0, 0.05) is 57.6 Å². The first kappa shape index (κ1) is 18.0. The molecule has 144 valence electrons. The molecule has 1 aromatic carbocycles. The number of fused-ring (bicyclic) bond motifs is 1. The minimum Gasteiger partial charge on any atom is -0.383 e. The molecule has 0 saturated carbocycles. The summed E-state index contributed by atoms with van der Waals surface area (Å²) in [4.78, 5) is 29.9. The highest BCUT2D eigenvalue weighted by molar-refractivity contribution is 5.99. The van der Waals surface area contributed by atoms with Gasteiger partial charge in [-0.3, -0.25) is 9.59 Å². The van der Waals surface area contributed by atoms with Crippen molar-refractivity contribution in [3.63, 3.8) is 0 Å². The lowest BCUT2D eigenvalue weighted by Crippen LogP contribution is -2.51. The van der Waals surface area contributed by atoms with E-state index in [1.165, 1.54) is 0 Å². The zero-order valence-electron chi connectivity index (χ0n) is 16.1. The number of carbonyl (C=O) groups excluding carboxylic acids is 2. The molecule has 0 N–H and O–H groups in total. The number of hydrogen-bond donors (Lipinski definition) is 0. The van der Waals surface area contributed by atoms with Gasteiger partial charge >= 0.3 is 0 Å². The van der Waals surface area contributed by atoms with Crippen molar-refractivity contribution in [2.45, 2.75) is 19.3 Å². The summed E-state index contributed by atoms with van der Waals surface area (Å²) in [6, 6.07) is 7.88. The van der Waals surface area contributed by atoms with Crippen molar-refractivity contribution in [2.24, 2.45) is 12.5 Å². The molecule has 6 heteroatoms. The standard InChI is InChI=1S/C21H27N3O3/c1-22-10-6-16-4-5-17(14-18(16)22)19(25)24-11-8-21(15-24)7-3-9-23(20(21)26)12-13-27-2/h4-6,10,14H,3,7-9,11-13,15H2,1-2H3/t21-/m0/s1. The summed E-state index contributed by atoms with van der Waals surface area (Å²) < 4.78 is 7.16. The second kappa shape index (κ2) is 7.00. The molecule has 0 bridgehead atoms. The van der Waals surface area contributed by atoms with Crippen LogP contribution in [-0.4, -0.2) is 66.1 Å². The Kier molecular flexibility index (Phi) is 4.68. The molecule has 0 unspecified atom stereocenters. The number of likely N-dealkylation sites (tertiary alicyclic amines) is 2. The van der Waals surface area contributed by atoms with Gasteiger partial charge in [0.15, 0.2) is 0 Å². The Labute approximate surface area is 159 Å². The molecule has 6 nitrogen and oxygen atoms in total. The smallest absolute Gasteiger partial charge is 0.253 e. The van der Waals surface area contributed by atoms with E-state index in [9.17, 15) is 9.59 Å². The highest BCUT2D eigenvalue weighted by Crippen LogP contribution is 2.40. The van der Waals surface area contributed by atoms with Crippen LogP contribution < -0.4 is 0 Å². The van der Waals surface area contributed by atoms with Gasteiger partial charge in [-0.2, -0.15) is 0 Å². The van der Waals surface area contributed by atoms with Crippen LogP contribution in [0.1, 0.15) is 29.6 Å². The fraction of sp³-hybridized carbons (Fsp3) is 0.524. The summed E-state index contributed by atoms with van der Waals surface area (Å²) in [5, 5.41) is 1.13. The van der Waals surface area contributed by atoms with E-state index in [-0.39, 0.29) is 11.8 Å². The van der Waals surface area contributed by atoms with Gasteiger partial charge in [0.05, 0.1) is 12.0 Å². The summed E-state index contributed by atoms with van der Waals surface area (Å²) in [6.45, 7) is 3.16. The number of benzene rings is 1. The molecule has 1 spiro atoms. The number of methoxy groups -OCH3 is 1. The van der Waals surface area contributed by atoms with Gasteiger partial charge in [0.2, 0.25) is 5.91 Å². The van der Waals surface area contributed by atoms with Gasteiger partial charge in [-0.05, 0) is 42.8 Å². The van der Waals surface area contributed by atoms with Crippen LogP contribution in [-0.2, 0) is 16.6 Å². The Morgan fingerprint density at radius 3 is 2.89 bits per heavy atom. The monoisotopic (exact) mass is 369 g/mol. The van der Waals surface area contributed by atoms with Crippen LogP contribution in [0, 0.1) is 5.41 Å². The SMILES string of the molecule is COCCN1CCC[C@@]2(CCN(C(=O)c3ccc4ccn(C)c4c3)C2)C1=O. The van der Waals surface area contributed by atoms with Gasteiger partial charge in [-0.1, -0.05) is 6.07 Å². The van der Waals surface area contributed by atoms with Crippen LogP contribution in [0.4, 0.5) is 0 Å². The zero-order chi connectivity index (χ0) is 19.0. The van der Waals surface area contributed by atoms with Crippen molar-refractivity contribution in [3.05, 3.63) is 36.0 Å². The van der Waals surface area contributed by atoms with Gasteiger partial charge < -0.3 is 19.1 Å². The Hall–Kier alpha value is -2.34. The number of ether oxygens (including phenoxy) is 1. The van der Waals surface area contributed by atoms with Crippen molar-refractivity contribution >= 4 is 22.7 Å². The minimum atomic E-state index is -0.406. The Bertz CT molecular complexity index is 875. The van der Waals surface area contributed by atoms with Gasteiger partial charge in [0.1, 0.15) is 0 Å². The maximum Gasteiger partial charge on any atom is 0.253 e. The first-order chi connectivity index (χ1) is 13.0. The lowest BCUT2D eigenvalue weighted by Gasteiger charge is -2.39. The number of rotatable bonds is 4. The van der Waals surface area contributed by atoms with Crippen LogP contribution in [0.5, 0.6) is 0 Å². The van der Waals surface area contributed by atoms with Gasteiger partial charge in [0.25, 0.3) is 5.91 Å². The molecule has 0 radical (unpaired) electrons. The number of hydrogen-bond acceptors (Lipinski definition) is 3. The van der Waals surface area contributed by atoms with Gasteiger partial charge in [-0.25, -0.2) is 0 Å². The second-order valence-electron chi connectivity index (χ2n) is 7.85. The van der Waals surface area contributed by atoms with Crippen molar-refractivity contribution in [1.29, 1.82) is 0 Å². The minimum absolute atomic E-state index is 0.0248. The number of aromatic nitrogens is 1. The van der Waals surface area contributed by atoms with E-state index >= 15 is 0 Å². The van der Waals surface area contributed by atoms with Crippen LogP contribution in [0.2, 0.25) is 0 Å². The van der Waals surface area contributed by atoms with E-state index in [1.54, 1.807) is 7.11 Å². The molecule has 2 fully saturated rings. The lowest BCUT2D eigenvalue weighted by atomic mass is 9.78. The van der Waals surface area contributed by atoms with E-state index in [0.717, 1.165) is 36.7 Å². The highest BCUT2D eigenvalue weighted by Gasteiger charge is 2.49. The summed E-state index contributed by atoms with van der Waals surface area (Å²) in [6.07, 6.45) is 4.62. The summed E-state index contributed by atoms with van der Waals surface area (Å²) >= 11 is 0. The second-order valence-corrected chi connectivity index (χ2v) is 7.85. The van der Waals surface area contributed by atoms with Crippen LogP contribution in [0.15, 0.2) is 30.5 Å². The third kappa shape index (κ3) is 3.12. The summed E-state index contributed by atoms with van der Waals surface area (Å²) in [7, 11) is 3.64. The first-order valence-corrected chi connectivity index (χ1v) is 9.67. The first-order valence-electron chi connectivity index (χ1n) is 9.67. The topological polar surface area (TPSA) is 54.8 Å². The lowest BCUT2D eigenvalue weighted by molar-refractivity contribution is -0.146. The molecule has 2 aliphatic rings. The molecular weight excluding hydrogens is 342 g/mol. The molecule has 0 aliphatic carbocycles. The quantitative estimate of drug-likeness (QED) is 0.831. The summed E-state index contributed by atoms with van der Waals surface area (Å²) in [5.74, 6) is 0.218. The van der Waals surface area contributed by atoms with E-state index in [4.69, 9.17) is 4.74 Å². The molecule has 2 aliphatic heterocycles. The summed E-state index contributed by atoms with van der Waals surface area (Å²) in [5.41, 5.74) is 1.34. The Morgan fingerprint density at radius 1 is 1.22 bits per heavy atom. The molecule has 2 saturated heterocycles.